The molecule has 2 rings (SSSR count). The molecule has 2 aromatic carbocycles. The second-order valence-corrected chi connectivity index (χ2v) is 4.17. The van der Waals surface area contributed by atoms with Crippen molar-refractivity contribution in [2.45, 2.75) is 0 Å². The first-order valence-corrected chi connectivity index (χ1v) is 5.77. The average molecular weight is 296 g/mol. The van der Waals surface area contributed by atoms with E-state index in [1.165, 1.54) is 24.3 Å². The molecule has 0 amide bonds. The van der Waals surface area contributed by atoms with Crippen molar-refractivity contribution in [3.8, 4) is 5.75 Å². The van der Waals surface area contributed by atoms with Crippen LogP contribution in [0, 0.1) is 15.9 Å². The molecule has 0 saturated heterocycles. The summed E-state index contributed by atoms with van der Waals surface area (Å²) in [5, 5.41) is 10.6. The Morgan fingerprint density at radius 2 is 1.85 bits per heavy atom. The van der Waals surface area contributed by atoms with Crippen molar-refractivity contribution in [1.29, 1.82) is 0 Å². The van der Waals surface area contributed by atoms with Gasteiger partial charge in [-0.25, -0.2) is 9.18 Å². The molecule has 7 heteroatoms. The second kappa shape index (κ2) is 5.66. The van der Waals surface area contributed by atoms with Gasteiger partial charge in [-0.1, -0.05) is 11.6 Å². The molecule has 0 N–H and O–H groups in total. The fraction of sp³-hybridized carbons (Fsp3) is 0. The number of carbonyl (C=O) groups excluding carboxylic acids is 1. The predicted octanol–water partition coefficient (Wildman–Crippen LogP) is 3.61. The zero-order valence-electron chi connectivity index (χ0n) is 9.88. The third-order valence-corrected chi connectivity index (χ3v) is 2.72. The van der Waals surface area contributed by atoms with Gasteiger partial charge in [-0.3, -0.25) is 10.1 Å². The Labute approximate surface area is 117 Å². The number of carbonyl (C=O) groups is 1. The minimum atomic E-state index is -0.795. The van der Waals surface area contributed by atoms with Gasteiger partial charge in [0.1, 0.15) is 16.6 Å². The number of esters is 1. The number of nitro benzene ring substituents is 1. The van der Waals surface area contributed by atoms with Gasteiger partial charge in [0.2, 0.25) is 0 Å². The molecule has 0 fully saturated rings. The van der Waals surface area contributed by atoms with E-state index in [2.05, 4.69) is 0 Å². The number of nitrogens with zero attached hydrogens (tertiary/aromatic N) is 1. The Kier molecular flexibility index (Phi) is 3.95. The fourth-order valence-corrected chi connectivity index (χ4v) is 1.63. The van der Waals surface area contributed by atoms with Crippen LogP contribution in [0.4, 0.5) is 10.1 Å². The lowest BCUT2D eigenvalue weighted by molar-refractivity contribution is -0.384. The lowest BCUT2D eigenvalue weighted by atomic mass is 10.2. The SMILES string of the molecule is O=C(Oc1ccc(F)cc1)c1ccc(Cl)c([N+](=O)[O-])c1. The van der Waals surface area contributed by atoms with E-state index >= 15 is 0 Å². The molecule has 20 heavy (non-hydrogen) atoms. The summed E-state index contributed by atoms with van der Waals surface area (Å²) in [5.74, 6) is -1.13. The summed E-state index contributed by atoms with van der Waals surface area (Å²) < 4.78 is 17.7. The van der Waals surface area contributed by atoms with Gasteiger partial charge >= 0.3 is 5.97 Å². The summed E-state index contributed by atoms with van der Waals surface area (Å²) in [4.78, 5) is 21.8. The lowest BCUT2D eigenvalue weighted by Gasteiger charge is -2.04. The van der Waals surface area contributed by atoms with Crippen LogP contribution in [0.15, 0.2) is 42.5 Å². The summed E-state index contributed by atoms with van der Waals surface area (Å²) >= 11 is 5.64. The average Bonchev–Trinajstić information content (AvgIpc) is 2.41. The molecule has 0 atom stereocenters. The molecule has 0 spiro atoms. The highest BCUT2D eigenvalue weighted by Crippen LogP contribution is 2.25. The normalized spacial score (nSPS) is 10.1. The molecule has 0 aliphatic rings. The third-order valence-electron chi connectivity index (χ3n) is 2.40. The Morgan fingerprint density at radius 1 is 1.20 bits per heavy atom. The first kappa shape index (κ1) is 14.0. The zero-order chi connectivity index (χ0) is 14.7. The quantitative estimate of drug-likeness (QED) is 0.375. The maximum absolute atomic E-state index is 12.7. The van der Waals surface area contributed by atoms with Crippen LogP contribution < -0.4 is 4.74 Å². The highest BCUT2D eigenvalue weighted by atomic mass is 35.5. The van der Waals surface area contributed by atoms with Gasteiger partial charge < -0.3 is 4.74 Å². The smallest absolute Gasteiger partial charge is 0.343 e. The number of rotatable bonds is 3. The Hall–Kier alpha value is -2.47. The molecule has 0 unspecified atom stereocenters. The van der Waals surface area contributed by atoms with Crippen molar-refractivity contribution >= 4 is 23.3 Å². The van der Waals surface area contributed by atoms with Crippen LogP contribution in [0.1, 0.15) is 10.4 Å². The van der Waals surface area contributed by atoms with Crippen LogP contribution in [-0.2, 0) is 0 Å². The predicted molar refractivity (Wildman–Crippen MR) is 69.5 cm³/mol. The molecular weight excluding hydrogens is 289 g/mol. The monoisotopic (exact) mass is 295 g/mol. The molecule has 5 nitrogen and oxygen atoms in total. The Balaban J connectivity index is 2.23. The Bertz CT molecular complexity index is 673. The van der Waals surface area contributed by atoms with Gasteiger partial charge in [-0.15, -0.1) is 0 Å². The molecule has 0 heterocycles. The van der Waals surface area contributed by atoms with Gasteiger partial charge in [0, 0.05) is 6.07 Å². The molecule has 0 saturated carbocycles. The summed E-state index contributed by atoms with van der Waals surface area (Å²) in [6, 6.07) is 8.38. The van der Waals surface area contributed by atoms with Crippen LogP contribution in [0.3, 0.4) is 0 Å². The first-order chi connectivity index (χ1) is 9.47. The number of nitro groups is 1. The fourth-order valence-electron chi connectivity index (χ4n) is 1.45. The molecule has 102 valence electrons. The molecule has 0 aromatic heterocycles. The van der Waals surface area contributed by atoms with Crippen LogP contribution in [0.25, 0.3) is 0 Å². The van der Waals surface area contributed by atoms with Gasteiger partial charge in [0.15, 0.2) is 0 Å². The zero-order valence-corrected chi connectivity index (χ0v) is 10.6. The number of benzene rings is 2. The molecular formula is C13H7ClFNO4. The Morgan fingerprint density at radius 3 is 2.45 bits per heavy atom. The molecule has 0 radical (unpaired) electrons. The molecule has 0 aliphatic carbocycles. The van der Waals surface area contributed by atoms with Crippen molar-refractivity contribution in [3.63, 3.8) is 0 Å². The van der Waals surface area contributed by atoms with Crippen LogP contribution in [0.2, 0.25) is 5.02 Å². The lowest BCUT2D eigenvalue weighted by Crippen LogP contribution is -2.09. The van der Waals surface area contributed by atoms with E-state index in [1.807, 2.05) is 0 Å². The highest BCUT2D eigenvalue weighted by Gasteiger charge is 2.17. The number of ether oxygens (including phenoxy) is 1. The van der Waals surface area contributed by atoms with Crippen LogP contribution in [-0.4, -0.2) is 10.9 Å². The van der Waals surface area contributed by atoms with Gasteiger partial charge in [-0.05, 0) is 36.4 Å². The highest BCUT2D eigenvalue weighted by molar-refractivity contribution is 6.32. The number of hydrogen-bond donors (Lipinski definition) is 0. The second-order valence-electron chi connectivity index (χ2n) is 3.77. The first-order valence-electron chi connectivity index (χ1n) is 5.39. The molecule has 2 aromatic rings. The number of halogens is 2. The van der Waals surface area contributed by atoms with Crippen LogP contribution >= 0.6 is 11.6 Å². The van der Waals surface area contributed by atoms with Crippen molar-refractivity contribution in [2.75, 3.05) is 0 Å². The third kappa shape index (κ3) is 3.10. The van der Waals surface area contributed by atoms with Crippen LogP contribution in [0.5, 0.6) is 5.75 Å². The minimum Gasteiger partial charge on any atom is -0.423 e. The minimum absolute atomic E-state index is 0.0228. The van der Waals surface area contributed by atoms with E-state index in [0.29, 0.717) is 0 Å². The summed E-state index contributed by atoms with van der Waals surface area (Å²) in [6.07, 6.45) is 0. The van der Waals surface area contributed by atoms with Crippen molar-refractivity contribution < 1.29 is 18.8 Å². The molecule has 0 bridgehead atoms. The largest absolute Gasteiger partial charge is 0.423 e. The maximum atomic E-state index is 12.7. The van der Waals surface area contributed by atoms with Crippen molar-refractivity contribution in [3.05, 3.63) is 69.0 Å². The summed E-state index contributed by atoms with van der Waals surface area (Å²) in [6.45, 7) is 0. The van der Waals surface area contributed by atoms with E-state index in [4.69, 9.17) is 16.3 Å². The van der Waals surface area contributed by atoms with E-state index in [9.17, 15) is 19.3 Å². The van der Waals surface area contributed by atoms with Gasteiger partial charge in [0.25, 0.3) is 5.69 Å². The van der Waals surface area contributed by atoms with E-state index < -0.39 is 16.7 Å². The van der Waals surface area contributed by atoms with Gasteiger partial charge in [0.05, 0.1) is 10.5 Å². The van der Waals surface area contributed by atoms with E-state index in [-0.39, 0.29) is 22.0 Å². The van der Waals surface area contributed by atoms with Crippen molar-refractivity contribution in [1.82, 2.24) is 0 Å². The van der Waals surface area contributed by atoms with E-state index in [1.54, 1.807) is 0 Å². The number of hydrogen-bond acceptors (Lipinski definition) is 4. The summed E-state index contributed by atoms with van der Waals surface area (Å²) in [5.41, 5.74) is -0.411. The maximum Gasteiger partial charge on any atom is 0.343 e. The van der Waals surface area contributed by atoms with Gasteiger partial charge in [-0.2, -0.15) is 0 Å². The van der Waals surface area contributed by atoms with Crippen molar-refractivity contribution in [2.24, 2.45) is 0 Å². The summed E-state index contributed by atoms with van der Waals surface area (Å²) in [7, 11) is 0. The molecule has 0 aliphatic heterocycles. The topological polar surface area (TPSA) is 69.4 Å². The van der Waals surface area contributed by atoms with E-state index in [0.717, 1.165) is 18.2 Å². The standard InChI is InChI=1S/C13H7ClFNO4/c14-11-6-1-8(7-12(11)16(18)19)13(17)20-10-4-2-9(15)3-5-10/h1-7H.